The summed E-state index contributed by atoms with van der Waals surface area (Å²) in [5.74, 6) is 0.543. The molecule has 1 aliphatic rings. The monoisotopic (exact) mass is 374 g/mol. The van der Waals surface area contributed by atoms with Crippen molar-refractivity contribution in [2.75, 3.05) is 12.4 Å². The molecule has 1 amide bonds. The van der Waals surface area contributed by atoms with Crippen LogP contribution >= 0.6 is 23.2 Å². The molecule has 0 atom stereocenters. The summed E-state index contributed by atoms with van der Waals surface area (Å²) < 4.78 is 5.14. The summed E-state index contributed by atoms with van der Waals surface area (Å²) in [6.45, 7) is 0. The molecule has 6 heteroatoms. The molecule has 3 aromatic rings. The van der Waals surface area contributed by atoms with Gasteiger partial charge in [0.2, 0.25) is 5.91 Å². The maximum atomic E-state index is 13.0. The highest BCUT2D eigenvalue weighted by atomic mass is 35.5. The first kappa shape index (κ1) is 16.3. The zero-order valence-corrected chi connectivity index (χ0v) is 15.0. The number of benzene rings is 2. The number of ether oxygens (including phenoxy) is 1. The molecule has 1 saturated carbocycles. The van der Waals surface area contributed by atoms with Crippen LogP contribution in [-0.2, 0) is 10.2 Å². The second-order valence-electron chi connectivity index (χ2n) is 6.28. The highest BCUT2D eigenvalue weighted by Crippen LogP contribution is 2.51. The van der Waals surface area contributed by atoms with Crippen molar-refractivity contribution >= 4 is 45.7 Å². The first-order valence-electron chi connectivity index (χ1n) is 7.95. The van der Waals surface area contributed by atoms with Crippen LogP contribution in [0.15, 0.2) is 42.6 Å². The van der Waals surface area contributed by atoms with Crippen LogP contribution < -0.4 is 10.1 Å². The van der Waals surface area contributed by atoms with E-state index in [1.807, 2.05) is 24.4 Å². The molecule has 25 heavy (non-hydrogen) atoms. The third-order valence-electron chi connectivity index (χ3n) is 4.75. The molecule has 0 unspecified atom stereocenters. The van der Waals surface area contributed by atoms with E-state index >= 15 is 0 Å². The van der Waals surface area contributed by atoms with Crippen molar-refractivity contribution in [1.29, 1.82) is 0 Å². The molecule has 2 N–H and O–H groups in total. The number of hydrogen-bond acceptors (Lipinski definition) is 2. The van der Waals surface area contributed by atoms with E-state index in [1.165, 1.54) is 0 Å². The van der Waals surface area contributed by atoms with Crippen molar-refractivity contribution in [2.24, 2.45) is 0 Å². The number of halogens is 2. The molecule has 0 spiro atoms. The molecule has 1 fully saturated rings. The lowest BCUT2D eigenvalue weighted by Gasteiger charge is -2.16. The van der Waals surface area contributed by atoms with Crippen molar-refractivity contribution < 1.29 is 9.53 Å². The van der Waals surface area contributed by atoms with Crippen LogP contribution in [0, 0.1) is 0 Å². The maximum Gasteiger partial charge on any atom is 0.235 e. The number of carbonyl (C=O) groups excluding carboxylic acids is 1. The predicted octanol–water partition coefficient (Wildman–Crippen LogP) is 5.15. The van der Waals surface area contributed by atoms with Gasteiger partial charge in [0.15, 0.2) is 0 Å². The van der Waals surface area contributed by atoms with E-state index in [0.717, 1.165) is 29.3 Å². The van der Waals surface area contributed by atoms with Gasteiger partial charge in [-0.15, -0.1) is 0 Å². The van der Waals surface area contributed by atoms with E-state index in [-0.39, 0.29) is 5.91 Å². The van der Waals surface area contributed by atoms with Crippen molar-refractivity contribution in [1.82, 2.24) is 4.98 Å². The Labute approximate surface area is 155 Å². The third kappa shape index (κ3) is 2.75. The fourth-order valence-corrected chi connectivity index (χ4v) is 3.66. The zero-order chi connectivity index (χ0) is 17.6. The smallest absolute Gasteiger partial charge is 0.235 e. The van der Waals surface area contributed by atoms with Gasteiger partial charge in [0.25, 0.3) is 0 Å². The van der Waals surface area contributed by atoms with Gasteiger partial charge < -0.3 is 15.0 Å². The Balaban J connectivity index is 1.65. The third-order valence-corrected chi connectivity index (χ3v) is 5.28. The Morgan fingerprint density at radius 3 is 2.68 bits per heavy atom. The second kappa shape index (κ2) is 5.97. The molecule has 128 valence electrons. The van der Waals surface area contributed by atoms with E-state index in [0.29, 0.717) is 21.5 Å². The Morgan fingerprint density at radius 1 is 1.20 bits per heavy atom. The number of aromatic nitrogens is 1. The van der Waals surface area contributed by atoms with Crippen LogP contribution in [-0.4, -0.2) is 18.0 Å². The number of anilines is 1. The zero-order valence-electron chi connectivity index (χ0n) is 13.5. The summed E-state index contributed by atoms with van der Waals surface area (Å²) in [7, 11) is 1.56. The Morgan fingerprint density at radius 2 is 2.00 bits per heavy atom. The number of rotatable bonds is 4. The Kier molecular flexibility index (Phi) is 3.89. The number of hydrogen-bond donors (Lipinski definition) is 2. The van der Waals surface area contributed by atoms with Crippen molar-refractivity contribution in [3.63, 3.8) is 0 Å². The topological polar surface area (TPSA) is 54.1 Å². The molecule has 0 bridgehead atoms. The summed E-state index contributed by atoms with van der Waals surface area (Å²) in [5.41, 5.74) is 2.10. The number of amides is 1. The molecule has 0 aliphatic heterocycles. The van der Waals surface area contributed by atoms with Gasteiger partial charge in [0, 0.05) is 27.8 Å². The minimum absolute atomic E-state index is 0.0328. The number of nitrogens with one attached hydrogen (secondary N) is 2. The van der Waals surface area contributed by atoms with Gasteiger partial charge in [-0.25, -0.2) is 0 Å². The van der Waals surface area contributed by atoms with Crippen molar-refractivity contribution in [3.05, 3.63) is 58.2 Å². The summed E-state index contributed by atoms with van der Waals surface area (Å²) >= 11 is 12.3. The van der Waals surface area contributed by atoms with Gasteiger partial charge in [-0.2, -0.15) is 0 Å². The Bertz CT molecular complexity index is 977. The van der Waals surface area contributed by atoms with Crippen LogP contribution in [0.5, 0.6) is 5.75 Å². The van der Waals surface area contributed by atoms with Gasteiger partial charge in [-0.3, -0.25) is 4.79 Å². The summed E-state index contributed by atoms with van der Waals surface area (Å²) in [6, 6.07) is 10.9. The van der Waals surface area contributed by atoms with E-state index in [9.17, 15) is 4.79 Å². The van der Waals surface area contributed by atoms with E-state index in [4.69, 9.17) is 27.9 Å². The molecular formula is C19H16Cl2N2O2. The first-order chi connectivity index (χ1) is 12.0. The number of H-pyrrole nitrogens is 1. The van der Waals surface area contributed by atoms with Crippen LogP contribution in [0.1, 0.15) is 18.4 Å². The average Bonchev–Trinajstić information content (AvgIpc) is 3.29. The average molecular weight is 375 g/mol. The SMILES string of the molecule is COc1ccc(NC(=O)C2(c3c[nH]c4ccc(Cl)cc34)CC2)cc1Cl. The van der Waals surface area contributed by atoms with Gasteiger partial charge >= 0.3 is 0 Å². The van der Waals surface area contributed by atoms with Crippen LogP contribution in [0.2, 0.25) is 10.0 Å². The van der Waals surface area contributed by atoms with Gasteiger partial charge in [-0.1, -0.05) is 23.2 Å². The molecule has 1 heterocycles. The predicted molar refractivity (Wildman–Crippen MR) is 101 cm³/mol. The van der Waals surface area contributed by atoms with Crippen LogP contribution in [0.25, 0.3) is 10.9 Å². The normalized spacial score (nSPS) is 15.2. The van der Waals surface area contributed by atoms with Crippen molar-refractivity contribution in [2.45, 2.75) is 18.3 Å². The van der Waals surface area contributed by atoms with Gasteiger partial charge in [0.1, 0.15) is 5.75 Å². The molecule has 4 nitrogen and oxygen atoms in total. The number of aromatic amines is 1. The molecular weight excluding hydrogens is 359 g/mol. The number of methoxy groups -OCH3 is 1. The highest BCUT2D eigenvalue weighted by Gasteiger charge is 2.52. The minimum Gasteiger partial charge on any atom is -0.495 e. The lowest BCUT2D eigenvalue weighted by Crippen LogP contribution is -2.27. The fourth-order valence-electron chi connectivity index (χ4n) is 3.23. The molecule has 1 aliphatic carbocycles. The summed E-state index contributed by atoms with van der Waals surface area (Å²) in [5, 5.41) is 5.09. The molecule has 2 aromatic carbocycles. The minimum atomic E-state index is -0.519. The molecule has 4 rings (SSSR count). The van der Waals surface area contributed by atoms with Crippen LogP contribution in [0.4, 0.5) is 5.69 Å². The number of carbonyl (C=O) groups is 1. The lowest BCUT2D eigenvalue weighted by molar-refractivity contribution is -0.118. The molecule has 1 aromatic heterocycles. The van der Waals surface area contributed by atoms with E-state index in [2.05, 4.69) is 10.3 Å². The van der Waals surface area contributed by atoms with E-state index < -0.39 is 5.41 Å². The lowest BCUT2D eigenvalue weighted by atomic mass is 9.94. The standard InChI is InChI=1S/C19H16Cl2N2O2/c1-25-17-5-3-12(9-15(17)21)23-18(24)19(6-7-19)14-10-22-16-4-2-11(20)8-13(14)16/h2-5,8-10,22H,6-7H2,1H3,(H,23,24). The van der Waals surface area contributed by atoms with Gasteiger partial charge in [0.05, 0.1) is 17.5 Å². The van der Waals surface area contributed by atoms with Crippen molar-refractivity contribution in [3.8, 4) is 5.75 Å². The fraction of sp³-hybridized carbons (Fsp3) is 0.211. The second-order valence-corrected chi connectivity index (χ2v) is 7.12. The van der Waals surface area contributed by atoms with E-state index in [1.54, 1.807) is 25.3 Å². The highest BCUT2D eigenvalue weighted by molar-refractivity contribution is 6.32. The molecule has 0 radical (unpaired) electrons. The quantitative estimate of drug-likeness (QED) is 0.662. The first-order valence-corrected chi connectivity index (χ1v) is 8.71. The maximum absolute atomic E-state index is 13.0. The molecule has 0 saturated heterocycles. The van der Waals surface area contributed by atoms with Gasteiger partial charge in [-0.05, 0) is 54.8 Å². The summed E-state index contributed by atoms with van der Waals surface area (Å²) in [4.78, 5) is 16.2. The largest absolute Gasteiger partial charge is 0.495 e. The Hall–Kier alpha value is -2.17. The number of fused-ring (bicyclic) bond motifs is 1. The summed E-state index contributed by atoms with van der Waals surface area (Å²) in [6.07, 6.45) is 3.53. The van der Waals surface area contributed by atoms with Crippen LogP contribution in [0.3, 0.4) is 0 Å².